The molecule has 4 atom stereocenters. The number of fused-ring (bicyclic) bond motifs is 6. The smallest absolute Gasteiger partial charge is 0.238 e. The van der Waals surface area contributed by atoms with Crippen LogP contribution in [0.3, 0.4) is 0 Å². The number of ketones is 2. The molecule has 1 N–H and O–H groups in total. The summed E-state index contributed by atoms with van der Waals surface area (Å²) in [7, 11) is 0. The van der Waals surface area contributed by atoms with Crippen LogP contribution >= 0.6 is 0 Å². The van der Waals surface area contributed by atoms with E-state index in [1.54, 1.807) is 42.5 Å². The predicted molar refractivity (Wildman–Crippen MR) is 166 cm³/mol. The van der Waals surface area contributed by atoms with Gasteiger partial charge in [0.25, 0.3) is 0 Å². The van der Waals surface area contributed by atoms with Crippen LogP contribution < -0.4 is 10.1 Å². The van der Waals surface area contributed by atoms with E-state index < -0.39 is 23.4 Å². The number of nitrogens with zero attached hydrogens (tertiary/aromatic N) is 1. The third kappa shape index (κ3) is 3.90. The SMILES string of the molecule is C=CCOc1ccccc1C(=O)[C@@H]1[C@H](C(=O)c2ccc(C)cc2)N2C=Cc3ccccc3[C@@H]2[C@]12C(=O)Nc1ccccc12. The van der Waals surface area contributed by atoms with Gasteiger partial charge >= 0.3 is 0 Å². The zero-order valence-electron chi connectivity index (χ0n) is 23.7. The maximum atomic E-state index is 15.1. The first-order valence-corrected chi connectivity index (χ1v) is 14.4. The molecule has 3 aliphatic heterocycles. The Labute approximate surface area is 250 Å². The highest BCUT2D eigenvalue weighted by molar-refractivity contribution is 6.17. The van der Waals surface area contributed by atoms with E-state index >= 15 is 4.79 Å². The normalized spacial score (nSPS) is 22.9. The van der Waals surface area contributed by atoms with Gasteiger partial charge in [-0.25, -0.2) is 0 Å². The van der Waals surface area contributed by atoms with Crippen LogP contribution in [0.25, 0.3) is 6.08 Å². The molecule has 212 valence electrons. The zero-order chi connectivity index (χ0) is 29.7. The van der Waals surface area contributed by atoms with E-state index in [0.717, 1.165) is 16.7 Å². The lowest BCUT2D eigenvalue weighted by molar-refractivity contribution is -0.122. The molecule has 3 aliphatic rings. The molecule has 1 spiro atoms. The van der Waals surface area contributed by atoms with Crippen LogP contribution in [0.4, 0.5) is 5.69 Å². The average Bonchev–Trinajstić information content (AvgIpc) is 3.52. The molecule has 3 heterocycles. The minimum atomic E-state index is -1.40. The van der Waals surface area contributed by atoms with Crippen molar-refractivity contribution >= 4 is 29.2 Å². The number of benzene rings is 4. The van der Waals surface area contributed by atoms with Crippen molar-refractivity contribution < 1.29 is 19.1 Å². The van der Waals surface area contributed by atoms with Crippen molar-refractivity contribution in [2.75, 3.05) is 11.9 Å². The first kappa shape index (κ1) is 26.7. The summed E-state index contributed by atoms with van der Waals surface area (Å²) in [5, 5.41) is 3.09. The Morgan fingerprint density at radius 3 is 2.47 bits per heavy atom. The molecule has 1 fully saturated rings. The summed E-state index contributed by atoms with van der Waals surface area (Å²) in [6.45, 7) is 5.92. The second-order valence-electron chi connectivity index (χ2n) is 11.3. The summed E-state index contributed by atoms with van der Waals surface area (Å²) >= 11 is 0. The molecule has 43 heavy (non-hydrogen) atoms. The lowest BCUT2D eigenvalue weighted by Gasteiger charge is -2.38. The minimum absolute atomic E-state index is 0.208. The number of Topliss-reactive ketones (excluding diaryl/α,β-unsaturated/α-hetero) is 2. The van der Waals surface area contributed by atoms with E-state index in [-0.39, 0.29) is 24.1 Å². The predicted octanol–water partition coefficient (Wildman–Crippen LogP) is 6.54. The second kappa shape index (κ2) is 10.2. The molecular formula is C37H30N2O4. The van der Waals surface area contributed by atoms with Crippen molar-refractivity contribution in [3.63, 3.8) is 0 Å². The lowest BCUT2D eigenvalue weighted by atomic mass is 9.62. The van der Waals surface area contributed by atoms with Gasteiger partial charge in [0.15, 0.2) is 11.6 Å². The number of amides is 1. The van der Waals surface area contributed by atoms with Crippen LogP contribution in [0.5, 0.6) is 5.75 Å². The maximum Gasteiger partial charge on any atom is 0.238 e. The lowest BCUT2D eigenvalue weighted by Crippen LogP contribution is -2.49. The Hall–Kier alpha value is -5.23. The summed E-state index contributed by atoms with van der Waals surface area (Å²) < 4.78 is 5.93. The van der Waals surface area contributed by atoms with E-state index in [2.05, 4.69) is 11.9 Å². The number of hydrogen-bond acceptors (Lipinski definition) is 5. The number of carbonyl (C=O) groups is 3. The van der Waals surface area contributed by atoms with Gasteiger partial charge in [-0.2, -0.15) is 0 Å². The molecule has 6 heteroatoms. The number of para-hydroxylation sites is 2. The Kier molecular flexibility index (Phi) is 6.35. The molecule has 0 saturated carbocycles. The van der Waals surface area contributed by atoms with Gasteiger partial charge in [0, 0.05) is 17.5 Å². The molecule has 6 nitrogen and oxygen atoms in total. The van der Waals surface area contributed by atoms with Gasteiger partial charge in [-0.1, -0.05) is 97.1 Å². The van der Waals surface area contributed by atoms with Crippen LogP contribution in [0.2, 0.25) is 0 Å². The number of carbonyl (C=O) groups excluding carboxylic acids is 3. The highest BCUT2D eigenvalue weighted by Gasteiger charge is 2.70. The number of ether oxygens (including phenoxy) is 1. The molecule has 1 saturated heterocycles. The van der Waals surface area contributed by atoms with Crippen molar-refractivity contribution in [3.05, 3.63) is 149 Å². The fourth-order valence-electron chi connectivity index (χ4n) is 7.17. The fraction of sp³-hybridized carbons (Fsp3) is 0.162. The maximum absolute atomic E-state index is 15.1. The average molecular weight is 567 g/mol. The number of rotatable bonds is 7. The molecule has 0 aliphatic carbocycles. The number of anilines is 1. The molecule has 0 unspecified atom stereocenters. The third-order valence-corrected chi connectivity index (χ3v) is 8.97. The summed E-state index contributed by atoms with van der Waals surface area (Å²) in [6, 6.07) is 28.2. The molecular weight excluding hydrogens is 536 g/mol. The van der Waals surface area contributed by atoms with E-state index in [1.165, 1.54) is 0 Å². The van der Waals surface area contributed by atoms with Gasteiger partial charge in [0.2, 0.25) is 5.91 Å². The molecule has 0 aromatic heterocycles. The minimum Gasteiger partial charge on any atom is -0.489 e. The molecule has 7 rings (SSSR count). The molecule has 1 amide bonds. The van der Waals surface area contributed by atoms with Crippen molar-refractivity contribution in [1.82, 2.24) is 4.90 Å². The fourth-order valence-corrected chi connectivity index (χ4v) is 7.17. The van der Waals surface area contributed by atoms with Crippen molar-refractivity contribution in [2.24, 2.45) is 5.92 Å². The Morgan fingerprint density at radius 2 is 1.65 bits per heavy atom. The van der Waals surface area contributed by atoms with Gasteiger partial charge in [0.1, 0.15) is 23.8 Å². The Morgan fingerprint density at radius 1 is 0.930 bits per heavy atom. The molecule has 0 radical (unpaired) electrons. The van der Waals surface area contributed by atoms with Gasteiger partial charge in [-0.05, 0) is 47.9 Å². The zero-order valence-corrected chi connectivity index (χ0v) is 23.7. The summed E-state index contributed by atoms with van der Waals surface area (Å²) in [6.07, 6.45) is 5.46. The third-order valence-electron chi connectivity index (χ3n) is 8.97. The van der Waals surface area contributed by atoms with Crippen molar-refractivity contribution in [3.8, 4) is 5.75 Å². The number of aryl methyl sites for hydroxylation is 1. The van der Waals surface area contributed by atoms with Crippen molar-refractivity contribution in [2.45, 2.75) is 24.4 Å². The highest BCUT2D eigenvalue weighted by atomic mass is 16.5. The van der Waals surface area contributed by atoms with Gasteiger partial charge < -0.3 is 15.0 Å². The van der Waals surface area contributed by atoms with E-state index in [9.17, 15) is 9.59 Å². The van der Waals surface area contributed by atoms with Crippen LogP contribution in [-0.4, -0.2) is 35.0 Å². The van der Waals surface area contributed by atoms with Crippen LogP contribution in [0, 0.1) is 12.8 Å². The van der Waals surface area contributed by atoms with Gasteiger partial charge in [-0.15, -0.1) is 0 Å². The summed E-state index contributed by atoms with van der Waals surface area (Å²) in [5.41, 5.74) is 3.64. The first-order chi connectivity index (χ1) is 21.0. The molecule has 4 aromatic carbocycles. The number of hydrogen-bond donors (Lipinski definition) is 1. The van der Waals surface area contributed by atoms with E-state index in [4.69, 9.17) is 4.74 Å². The van der Waals surface area contributed by atoms with Crippen LogP contribution in [0.1, 0.15) is 49.0 Å². The van der Waals surface area contributed by atoms with Gasteiger partial charge in [0.05, 0.1) is 17.5 Å². The first-order valence-electron chi connectivity index (χ1n) is 14.4. The largest absolute Gasteiger partial charge is 0.489 e. The van der Waals surface area contributed by atoms with Crippen LogP contribution in [-0.2, 0) is 10.2 Å². The highest BCUT2D eigenvalue weighted by Crippen LogP contribution is 2.62. The monoisotopic (exact) mass is 566 g/mol. The number of nitrogens with one attached hydrogen (secondary N) is 1. The topological polar surface area (TPSA) is 75.7 Å². The molecule has 4 aromatic rings. The van der Waals surface area contributed by atoms with Crippen molar-refractivity contribution in [1.29, 1.82) is 0 Å². The summed E-state index contributed by atoms with van der Waals surface area (Å²) in [5.74, 6) is -1.52. The second-order valence-corrected chi connectivity index (χ2v) is 11.3. The van der Waals surface area contributed by atoms with Crippen LogP contribution in [0.15, 0.2) is 116 Å². The standard InChI is InChI=1S/C37H30N2O4/c1-3-22-43-30-15-9-6-12-27(30)34(41)31-32(33(40)25-18-16-23(2)17-19-25)39-21-20-24-10-4-5-11-26(24)35(39)37(31)28-13-7-8-14-29(28)38-36(37)42/h3-21,31-32,35H,1,22H2,2H3,(H,38,42)/t31-,32+,35+,37+/m0/s1. The Balaban J connectivity index is 1.52. The summed E-state index contributed by atoms with van der Waals surface area (Å²) in [4.78, 5) is 46.3. The Bertz CT molecular complexity index is 1820. The van der Waals surface area contributed by atoms with E-state index in [1.807, 2.05) is 84.8 Å². The van der Waals surface area contributed by atoms with E-state index in [0.29, 0.717) is 28.1 Å². The van der Waals surface area contributed by atoms with Gasteiger partial charge in [-0.3, -0.25) is 14.4 Å². The molecule has 0 bridgehead atoms. The quantitative estimate of drug-likeness (QED) is 0.203.